The topological polar surface area (TPSA) is 143 Å². The molecule has 2 heterocycles. The molecule has 0 saturated heterocycles. The summed E-state index contributed by atoms with van der Waals surface area (Å²) in [6.07, 6.45) is 1.35. The normalized spacial score (nSPS) is 12.4. The Morgan fingerprint density at radius 3 is 2.14 bits per heavy atom. The summed E-state index contributed by atoms with van der Waals surface area (Å²) in [7, 11) is 0. The molecular formula is C32H34N4O6. The van der Waals surface area contributed by atoms with Crippen LogP contribution in [0.25, 0.3) is 0 Å². The van der Waals surface area contributed by atoms with Crippen LogP contribution < -0.4 is 15.5 Å². The lowest BCUT2D eigenvalue weighted by molar-refractivity contribution is -0.122. The third kappa shape index (κ3) is 6.95. The minimum Gasteiger partial charge on any atom is -0.492 e. The van der Waals surface area contributed by atoms with Crippen LogP contribution in [0.1, 0.15) is 63.8 Å². The van der Waals surface area contributed by atoms with Crippen LogP contribution in [0.4, 0.5) is 0 Å². The van der Waals surface area contributed by atoms with E-state index in [0.29, 0.717) is 5.56 Å². The Morgan fingerprint density at radius 2 is 1.52 bits per heavy atom. The molecule has 4 aromatic rings. The maximum atomic E-state index is 13.7. The van der Waals surface area contributed by atoms with Crippen molar-refractivity contribution < 1.29 is 29.4 Å². The fraction of sp³-hybridized carbons (Fsp3) is 0.250. The van der Waals surface area contributed by atoms with Gasteiger partial charge in [0.05, 0.1) is 24.1 Å². The van der Waals surface area contributed by atoms with Gasteiger partial charge in [0.25, 0.3) is 5.91 Å². The number of pyridine rings is 1. The molecule has 0 saturated carbocycles. The van der Waals surface area contributed by atoms with Crippen molar-refractivity contribution in [1.82, 2.24) is 20.3 Å². The van der Waals surface area contributed by atoms with Gasteiger partial charge in [-0.05, 0) is 36.1 Å². The van der Waals surface area contributed by atoms with Crippen LogP contribution in [0.2, 0.25) is 0 Å². The van der Waals surface area contributed by atoms with Crippen molar-refractivity contribution in [2.75, 3.05) is 0 Å². The van der Waals surface area contributed by atoms with Gasteiger partial charge in [-0.2, -0.15) is 0 Å². The van der Waals surface area contributed by atoms with E-state index in [2.05, 4.69) is 15.6 Å². The van der Waals surface area contributed by atoms with Gasteiger partial charge in [-0.3, -0.25) is 19.4 Å². The lowest BCUT2D eigenvalue weighted by Gasteiger charge is -2.24. The smallest absolute Gasteiger partial charge is 0.270 e. The Morgan fingerprint density at radius 1 is 0.881 bits per heavy atom. The van der Waals surface area contributed by atoms with E-state index in [0.717, 1.165) is 10.3 Å². The van der Waals surface area contributed by atoms with E-state index in [4.69, 9.17) is 4.84 Å². The summed E-state index contributed by atoms with van der Waals surface area (Å²) in [5.74, 6) is -2.86. The fourth-order valence-corrected chi connectivity index (χ4v) is 4.54. The molecule has 10 nitrogen and oxygen atoms in total. The van der Waals surface area contributed by atoms with E-state index >= 15 is 0 Å². The molecule has 0 aliphatic rings. The van der Waals surface area contributed by atoms with Crippen LogP contribution in [-0.4, -0.2) is 43.6 Å². The molecule has 218 valence electrons. The standard InChI is InChI=1S/C32H34N4O6/c1-20(2)28(29(38)27-21(3)31(40)36(32(27)41)42-19-22-12-6-4-7-13-22)35-26(37)18-25(23-14-8-5-9-15-23)34-30(39)24-16-10-11-17-33-24/h4-17,20,25,28,40-41H,18-19H2,1-3H3,(H,34,39)(H,35,37)/t25-,28-/m0/s1. The van der Waals surface area contributed by atoms with Gasteiger partial charge >= 0.3 is 0 Å². The fourth-order valence-electron chi connectivity index (χ4n) is 4.54. The second-order valence-electron chi connectivity index (χ2n) is 10.2. The number of aromatic hydroxyl groups is 2. The van der Waals surface area contributed by atoms with Crippen molar-refractivity contribution in [1.29, 1.82) is 0 Å². The molecule has 0 unspecified atom stereocenters. The van der Waals surface area contributed by atoms with Crippen LogP contribution in [0.3, 0.4) is 0 Å². The zero-order chi connectivity index (χ0) is 30.2. The molecule has 2 aromatic heterocycles. The summed E-state index contributed by atoms with van der Waals surface area (Å²) in [4.78, 5) is 49.5. The molecule has 2 aromatic carbocycles. The lowest BCUT2D eigenvalue weighted by atomic mass is 9.93. The van der Waals surface area contributed by atoms with Crippen molar-refractivity contribution in [3.63, 3.8) is 0 Å². The van der Waals surface area contributed by atoms with Gasteiger partial charge in [0.2, 0.25) is 17.7 Å². The first-order valence-corrected chi connectivity index (χ1v) is 13.6. The maximum Gasteiger partial charge on any atom is 0.270 e. The SMILES string of the molecule is Cc1c(C(=O)[C@@H](NC(=O)C[C@H](NC(=O)c2ccccn2)c2ccccc2)C(C)C)c(O)n(OCc2ccccc2)c1O. The van der Waals surface area contributed by atoms with Crippen molar-refractivity contribution in [2.45, 2.75) is 45.9 Å². The molecule has 0 fully saturated rings. The summed E-state index contributed by atoms with van der Waals surface area (Å²) >= 11 is 0. The number of Topliss-reactive ketones (excluding diaryl/α,β-unsaturated/α-hetero) is 1. The highest BCUT2D eigenvalue weighted by Gasteiger charge is 2.34. The summed E-state index contributed by atoms with van der Waals surface area (Å²) in [6.45, 7) is 5.05. The molecule has 0 aliphatic carbocycles. The number of ketones is 1. The summed E-state index contributed by atoms with van der Waals surface area (Å²) in [5, 5.41) is 27.2. The molecule has 2 atom stereocenters. The molecule has 4 rings (SSSR count). The molecule has 2 amide bonds. The predicted molar refractivity (Wildman–Crippen MR) is 156 cm³/mol. The second-order valence-corrected chi connectivity index (χ2v) is 10.2. The number of nitrogens with one attached hydrogen (secondary N) is 2. The van der Waals surface area contributed by atoms with E-state index in [1.807, 2.05) is 36.4 Å². The average molecular weight is 571 g/mol. The minimum atomic E-state index is -1.03. The number of carbonyl (C=O) groups excluding carboxylic acids is 3. The van der Waals surface area contributed by atoms with Crippen LogP contribution in [0.5, 0.6) is 11.8 Å². The molecule has 4 N–H and O–H groups in total. The first-order chi connectivity index (χ1) is 20.2. The summed E-state index contributed by atoms with van der Waals surface area (Å²) in [5.41, 5.74) is 1.68. The molecule has 0 radical (unpaired) electrons. The van der Waals surface area contributed by atoms with Gasteiger partial charge in [-0.1, -0.05) is 80.6 Å². The zero-order valence-electron chi connectivity index (χ0n) is 23.7. The highest BCUT2D eigenvalue weighted by Crippen LogP contribution is 2.34. The number of hydrogen-bond donors (Lipinski definition) is 4. The van der Waals surface area contributed by atoms with Crippen molar-refractivity contribution in [2.24, 2.45) is 5.92 Å². The Labute approximate surface area is 243 Å². The lowest BCUT2D eigenvalue weighted by Crippen LogP contribution is -2.45. The van der Waals surface area contributed by atoms with Crippen LogP contribution in [0, 0.1) is 12.8 Å². The van der Waals surface area contributed by atoms with Gasteiger partial charge in [0.15, 0.2) is 5.78 Å². The monoisotopic (exact) mass is 570 g/mol. The maximum absolute atomic E-state index is 13.7. The number of aromatic nitrogens is 2. The zero-order valence-corrected chi connectivity index (χ0v) is 23.7. The number of hydrogen-bond acceptors (Lipinski definition) is 7. The summed E-state index contributed by atoms with van der Waals surface area (Å²) in [6, 6.07) is 21.4. The average Bonchev–Trinajstić information content (AvgIpc) is 3.21. The Kier molecular flexibility index (Phi) is 9.59. The van der Waals surface area contributed by atoms with Crippen molar-refractivity contribution >= 4 is 17.6 Å². The first kappa shape index (κ1) is 29.9. The molecule has 0 spiro atoms. The number of nitrogens with zero attached hydrogens (tertiary/aromatic N) is 2. The number of carbonyl (C=O) groups is 3. The van der Waals surface area contributed by atoms with Gasteiger partial charge in [0, 0.05) is 11.8 Å². The molecular weight excluding hydrogens is 536 g/mol. The number of amides is 2. The number of rotatable bonds is 12. The van der Waals surface area contributed by atoms with Crippen LogP contribution in [0.15, 0.2) is 85.1 Å². The van der Waals surface area contributed by atoms with E-state index in [9.17, 15) is 24.6 Å². The molecule has 42 heavy (non-hydrogen) atoms. The Balaban J connectivity index is 1.52. The van der Waals surface area contributed by atoms with Crippen LogP contribution >= 0.6 is 0 Å². The highest BCUT2D eigenvalue weighted by atomic mass is 16.7. The largest absolute Gasteiger partial charge is 0.492 e. The quantitative estimate of drug-likeness (QED) is 0.188. The first-order valence-electron chi connectivity index (χ1n) is 13.6. The Bertz CT molecular complexity index is 1520. The second kappa shape index (κ2) is 13.5. The summed E-state index contributed by atoms with van der Waals surface area (Å²) < 4.78 is 0.813. The van der Waals surface area contributed by atoms with Crippen LogP contribution in [-0.2, 0) is 11.4 Å². The van der Waals surface area contributed by atoms with Gasteiger partial charge in [0.1, 0.15) is 12.3 Å². The van der Waals surface area contributed by atoms with Gasteiger partial charge < -0.3 is 25.7 Å². The molecule has 10 heteroatoms. The third-order valence-corrected chi connectivity index (χ3v) is 6.83. The van der Waals surface area contributed by atoms with Crippen molar-refractivity contribution in [3.8, 4) is 11.8 Å². The van der Waals surface area contributed by atoms with E-state index in [1.54, 1.807) is 56.3 Å². The predicted octanol–water partition coefficient (Wildman–Crippen LogP) is 4.12. The number of benzene rings is 2. The minimum absolute atomic E-state index is 0.0408. The molecule has 0 aliphatic heterocycles. The van der Waals surface area contributed by atoms with Gasteiger partial charge in [-0.15, -0.1) is 4.73 Å². The van der Waals surface area contributed by atoms with E-state index in [1.165, 1.54) is 13.1 Å². The molecule has 0 bridgehead atoms. The van der Waals surface area contributed by atoms with Crippen molar-refractivity contribution in [3.05, 3.63) is 113 Å². The Hall–Kier alpha value is -5.12. The highest BCUT2D eigenvalue weighted by molar-refractivity contribution is 6.05. The van der Waals surface area contributed by atoms with E-state index < -0.39 is 41.4 Å². The third-order valence-electron chi connectivity index (χ3n) is 6.83. The van der Waals surface area contributed by atoms with Gasteiger partial charge in [-0.25, -0.2) is 0 Å². The van der Waals surface area contributed by atoms with E-state index in [-0.39, 0.29) is 35.8 Å².